The minimum Gasteiger partial charge on any atom is -0.143 e. The molecule has 0 radical (unpaired) electrons. The summed E-state index contributed by atoms with van der Waals surface area (Å²) in [6, 6.07) is 15.0. The van der Waals surface area contributed by atoms with E-state index in [0.717, 1.165) is 11.3 Å². The van der Waals surface area contributed by atoms with Gasteiger partial charge in [0, 0.05) is 4.90 Å². The summed E-state index contributed by atoms with van der Waals surface area (Å²) in [5.74, 6) is 0. The molecule has 2 aromatic carbocycles. The van der Waals surface area contributed by atoms with E-state index in [4.69, 9.17) is 0 Å². The van der Waals surface area contributed by atoms with E-state index in [0.29, 0.717) is 0 Å². The van der Waals surface area contributed by atoms with Crippen LogP contribution >= 0.6 is 12.6 Å². The van der Waals surface area contributed by atoms with Crippen LogP contribution in [0.25, 0.3) is 11.1 Å². The lowest BCUT2D eigenvalue weighted by Gasteiger charge is -2.00. The summed E-state index contributed by atoms with van der Waals surface area (Å²) in [6.07, 6.45) is 1.07. The maximum Gasteiger partial charge on any atom is 0.00463 e. The first-order valence-corrected chi connectivity index (χ1v) is 5.19. The second-order valence-electron chi connectivity index (χ2n) is 3.68. The van der Waals surface area contributed by atoms with Gasteiger partial charge in [0.1, 0.15) is 0 Å². The van der Waals surface area contributed by atoms with Crippen molar-refractivity contribution in [2.75, 3.05) is 0 Å². The second-order valence-corrected chi connectivity index (χ2v) is 4.19. The molecule has 0 saturated heterocycles. The van der Waals surface area contributed by atoms with E-state index in [1.54, 1.807) is 0 Å². The van der Waals surface area contributed by atoms with E-state index >= 15 is 0 Å². The van der Waals surface area contributed by atoms with Crippen LogP contribution < -0.4 is 0 Å². The molecule has 0 atom stereocenters. The topological polar surface area (TPSA) is 0 Å². The Hall–Kier alpha value is -1.21. The van der Waals surface area contributed by atoms with Gasteiger partial charge in [-0.1, -0.05) is 30.3 Å². The molecular formula is C13H10S. The Bertz CT molecular complexity index is 500. The summed E-state index contributed by atoms with van der Waals surface area (Å²) in [5, 5.41) is 0. The van der Waals surface area contributed by atoms with E-state index < -0.39 is 0 Å². The largest absolute Gasteiger partial charge is 0.143 e. The zero-order valence-electron chi connectivity index (χ0n) is 7.70. The van der Waals surface area contributed by atoms with Gasteiger partial charge in [0.25, 0.3) is 0 Å². The van der Waals surface area contributed by atoms with Crippen LogP contribution in [0.4, 0.5) is 0 Å². The average Bonchev–Trinajstić information content (AvgIpc) is 2.56. The van der Waals surface area contributed by atoms with Gasteiger partial charge in [0.15, 0.2) is 0 Å². The van der Waals surface area contributed by atoms with Crippen molar-refractivity contribution in [3.8, 4) is 11.1 Å². The van der Waals surface area contributed by atoms with Gasteiger partial charge in [-0.2, -0.15) is 0 Å². The first-order valence-electron chi connectivity index (χ1n) is 4.75. The smallest absolute Gasteiger partial charge is 0.00463 e. The molecule has 0 aromatic heterocycles. The van der Waals surface area contributed by atoms with Crippen LogP contribution in [0.15, 0.2) is 47.4 Å². The van der Waals surface area contributed by atoms with Crippen molar-refractivity contribution in [3.05, 3.63) is 53.6 Å². The fourth-order valence-corrected chi connectivity index (χ4v) is 2.32. The van der Waals surface area contributed by atoms with E-state index in [2.05, 4.69) is 55.1 Å². The van der Waals surface area contributed by atoms with Crippen molar-refractivity contribution >= 4 is 12.6 Å². The van der Waals surface area contributed by atoms with E-state index in [9.17, 15) is 0 Å². The number of hydrogen-bond acceptors (Lipinski definition) is 1. The highest BCUT2D eigenvalue weighted by Crippen LogP contribution is 2.37. The number of thiol groups is 1. The SMILES string of the molecule is Sc1ccc2c(c1)-c1ccccc1C2. The number of hydrogen-bond donors (Lipinski definition) is 1. The molecule has 1 aliphatic carbocycles. The molecule has 3 rings (SSSR count). The summed E-state index contributed by atoms with van der Waals surface area (Å²) in [4.78, 5) is 1.04. The molecule has 1 aliphatic rings. The Morgan fingerprint density at radius 1 is 0.857 bits per heavy atom. The molecule has 0 heterocycles. The van der Waals surface area contributed by atoms with Crippen molar-refractivity contribution in [1.82, 2.24) is 0 Å². The maximum atomic E-state index is 4.37. The lowest BCUT2D eigenvalue weighted by molar-refractivity contribution is 1.25. The molecule has 0 aliphatic heterocycles. The predicted molar refractivity (Wildman–Crippen MR) is 61.9 cm³/mol. The molecule has 2 aromatic rings. The average molecular weight is 198 g/mol. The van der Waals surface area contributed by atoms with Gasteiger partial charge >= 0.3 is 0 Å². The quantitative estimate of drug-likeness (QED) is 0.525. The monoisotopic (exact) mass is 198 g/mol. The fourth-order valence-electron chi connectivity index (χ4n) is 2.11. The zero-order valence-corrected chi connectivity index (χ0v) is 8.59. The van der Waals surface area contributed by atoms with Crippen LogP contribution in [0.3, 0.4) is 0 Å². The van der Waals surface area contributed by atoms with E-state index in [-0.39, 0.29) is 0 Å². The van der Waals surface area contributed by atoms with Gasteiger partial charge in [-0.15, -0.1) is 12.6 Å². The summed E-state index contributed by atoms with van der Waals surface area (Å²) >= 11 is 4.37. The minimum absolute atomic E-state index is 1.04. The minimum atomic E-state index is 1.04. The van der Waals surface area contributed by atoms with Gasteiger partial charge in [-0.25, -0.2) is 0 Å². The Balaban J connectivity index is 2.30. The van der Waals surface area contributed by atoms with Crippen molar-refractivity contribution in [2.24, 2.45) is 0 Å². The van der Waals surface area contributed by atoms with Gasteiger partial charge in [-0.3, -0.25) is 0 Å². The van der Waals surface area contributed by atoms with Crippen LogP contribution in [-0.4, -0.2) is 0 Å². The summed E-state index contributed by atoms with van der Waals surface area (Å²) in [7, 11) is 0. The highest BCUT2D eigenvalue weighted by Gasteiger charge is 2.16. The van der Waals surface area contributed by atoms with Crippen molar-refractivity contribution < 1.29 is 0 Å². The van der Waals surface area contributed by atoms with Crippen LogP contribution in [0.1, 0.15) is 11.1 Å². The molecule has 0 spiro atoms. The highest BCUT2D eigenvalue weighted by molar-refractivity contribution is 7.80. The third kappa shape index (κ3) is 1.09. The third-order valence-electron chi connectivity index (χ3n) is 2.78. The van der Waals surface area contributed by atoms with Gasteiger partial charge in [0.05, 0.1) is 0 Å². The standard InChI is InChI=1S/C13H10S/c14-11-6-5-10-7-9-3-1-2-4-12(9)13(10)8-11/h1-6,8,14H,7H2. The van der Waals surface area contributed by atoms with Crippen molar-refractivity contribution in [3.63, 3.8) is 0 Å². The van der Waals surface area contributed by atoms with Crippen LogP contribution in [0.5, 0.6) is 0 Å². The lowest BCUT2D eigenvalue weighted by Crippen LogP contribution is -1.78. The number of rotatable bonds is 0. The van der Waals surface area contributed by atoms with Gasteiger partial charge < -0.3 is 0 Å². The summed E-state index contributed by atoms with van der Waals surface area (Å²) < 4.78 is 0. The Kier molecular flexibility index (Phi) is 1.68. The molecule has 68 valence electrons. The summed E-state index contributed by atoms with van der Waals surface area (Å²) in [6.45, 7) is 0. The molecule has 0 nitrogen and oxygen atoms in total. The summed E-state index contributed by atoms with van der Waals surface area (Å²) in [5.41, 5.74) is 5.58. The highest BCUT2D eigenvalue weighted by atomic mass is 32.1. The number of benzene rings is 2. The predicted octanol–water partition coefficient (Wildman–Crippen LogP) is 3.55. The molecule has 14 heavy (non-hydrogen) atoms. The zero-order chi connectivity index (χ0) is 9.54. The Labute approximate surface area is 89.0 Å². The molecule has 0 N–H and O–H groups in total. The van der Waals surface area contributed by atoms with Crippen LogP contribution in [0.2, 0.25) is 0 Å². The molecular weight excluding hydrogens is 188 g/mol. The van der Waals surface area contributed by atoms with Crippen molar-refractivity contribution in [2.45, 2.75) is 11.3 Å². The fraction of sp³-hybridized carbons (Fsp3) is 0.0769. The molecule has 0 unspecified atom stereocenters. The second kappa shape index (κ2) is 2.89. The maximum absolute atomic E-state index is 4.37. The van der Waals surface area contributed by atoms with Gasteiger partial charge in [-0.05, 0) is 40.8 Å². The van der Waals surface area contributed by atoms with Crippen LogP contribution in [-0.2, 0) is 6.42 Å². The molecule has 0 saturated carbocycles. The molecule has 0 amide bonds. The first-order chi connectivity index (χ1) is 6.84. The normalized spacial score (nSPS) is 12.4. The van der Waals surface area contributed by atoms with Crippen LogP contribution in [0, 0.1) is 0 Å². The Morgan fingerprint density at radius 2 is 1.64 bits per heavy atom. The van der Waals surface area contributed by atoms with E-state index in [1.165, 1.54) is 22.3 Å². The van der Waals surface area contributed by atoms with Crippen molar-refractivity contribution in [1.29, 1.82) is 0 Å². The first kappa shape index (κ1) is 8.13. The Morgan fingerprint density at radius 3 is 2.57 bits per heavy atom. The molecule has 1 heteroatoms. The van der Waals surface area contributed by atoms with Gasteiger partial charge in [0.2, 0.25) is 0 Å². The molecule has 0 fully saturated rings. The lowest BCUT2D eigenvalue weighted by atomic mass is 10.1. The number of fused-ring (bicyclic) bond motifs is 3. The van der Waals surface area contributed by atoms with E-state index in [1.807, 2.05) is 0 Å². The third-order valence-corrected chi connectivity index (χ3v) is 3.06. The molecule has 0 bridgehead atoms.